The topological polar surface area (TPSA) is 54.7 Å². The van der Waals surface area contributed by atoms with Crippen LogP contribution in [0.25, 0.3) is 0 Å². The van der Waals surface area contributed by atoms with Crippen LogP contribution in [0.1, 0.15) is 34.9 Å². The predicted molar refractivity (Wildman–Crippen MR) is 69.8 cm³/mol. The van der Waals surface area contributed by atoms with Crippen LogP contribution >= 0.6 is 11.6 Å². The van der Waals surface area contributed by atoms with Gasteiger partial charge in [-0.2, -0.15) is 4.91 Å². The van der Waals surface area contributed by atoms with Crippen LogP contribution < -0.4 is 0 Å². The molecule has 0 aromatic carbocycles. The van der Waals surface area contributed by atoms with Crippen LogP contribution in [0, 0.1) is 4.91 Å². The summed E-state index contributed by atoms with van der Waals surface area (Å²) < 4.78 is 1.76. The predicted octanol–water partition coefficient (Wildman–Crippen LogP) is 2.31. The van der Waals surface area contributed by atoms with Crippen molar-refractivity contribution in [3.8, 4) is 0 Å². The van der Waals surface area contributed by atoms with Crippen LogP contribution in [0.15, 0.2) is 17.4 Å². The van der Waals surface area contributed by atoms with Crippen molar-refractivity contribution in [3.63, 3.8) is 0 Å². The van der Waals surface area contributed by atoms with Crippen LogP contribution in [-0.4, -0.2) is 34.3 Å². The fraction of sp³-hybridized carbons (Fsp3) is 0.583. The van der Waals surface area contributed by atoms with Crippen molar-refractivity contribution in [1.82, 2.24) is 9.47 Å². The molecule has 2 heterocycles. The van der Waals surface area contributed by atoms with Gasteiger partial charge in [0.25, 0.3) is 5.91 Å². The van der Waals surface area contributed by atoms with Gasteiger partial charge in [-0.1, -0.05) is 5.18 Å². The number of nitroso groups, excluding NO2 is 1. The van der Waals surface area contributed by atoms with Gasteiger partial charge < -0.3 is 9.47 Å². The monoisotopic (exact) mass is 269 g/mol. The summed E-state index contributed by atoms with van der Waals surface area (Å²) in [6.45, 7) is 1.18. The first-order valence-electron chi connectivity index (χ1n) is 6.02. The van der Waals surface area contributed by atoms with E-state index in [4.69, 9.17) is 11.6 Å². The quantitative estimate of drug-likeness (QED) is 0.622. The van der Waals surface area contributed by atoms with Crippen LogP contribution in [-0.2, 0) is 7.05 Å². The van der Waals surface area contributed by atoms with Crippen molar-refractivity contribution in [2.45, 2.75) is 18.9 Å². The molecule has 1 aromatic heterocycles. The summed E-state index contributed by atoms with van der Waals surface area (Å²) in [4.78, 5) is 25.1. The zero-order chi connectivity index (χ0) is 13.1. The van der Waals surface area contributed by atoms with E-state index in [1.54, 1.807) is 15.7 Å². The number of alkyl halides is 1. The van der Waals surface area contributed by atoms with Crippen LogP contribution in [0.2, 0.25) is 0 Å². The SMILES string of the molecule is Cn1ccc2c1C(=O)N(CCCCl)CCC2N=O. The molecule has 1 amide bonds. The third-order valence-electron chi connectivity index (χ3n) is 3.31. The molecule has 1 unspecified atom stereocenters. The van der Waals surface area contributed by atoms with Crippen LogP contribution in [0.3, 0.4) is 0 Å². The molecular formula is C12H16ClN3O2. The molecule has 0 bridgehead atoms. The first-order valence-corrected chi connectivity index (χ1v) is 6.55. The maximum absolute atomic E-state index is 12.4. The molecule has 0 spiro atoms. The Morgan fingerprint density at radius 3 is 3.00 bits per heavy atom. The zero-order valence-corrected chi connectivity index (χ0v) is 11.1. The average Bonchev–Trinajstić information content (AvgIpc) is 2.68. The number of carbonyl (C=O) groups is 1. The summed E-state index contributed by atoms with van der Waals surface area (Å²) in [5.41, 5.74) is 1.32. The molecule has 1 aliphatic rings. The van der Waals surface area contributed by atoms with Crippen molar-refractivity contribution < 1.29 is 4.79 Å². The maximum atomic E-state index is 12.4. The molecule has 0 saturated carbocycles. The summed E-state index contributed by atoms with van der Waals surface area (Å²) in [7, 11) is 1.81. The van der Waals surface area contributed by atoms with Gasteiger partial charge in [-0.25, -0.2) is 0 Å². The largest absolute Gasteiger partial charge is 0.346 e. The Bertz CT molecular complexity index is 458. The second-order valence-corrected chi connectivity index (χ2v) is 4.85. The highest BCUT2D eigenvalue weighted by Crippen LogP contribution is 2.29. The third kappa shape index (κ3) is 2.27. The van der Waals surface area contributed by atoms with E-state index in [0.717, 1.165) is 12.0 Å². The molecule has 18 heavy (non-hydrogen) atoms. The fourth-order valence-electron chi connectivity index (χ4n) is 2.35. The Balaban J connectivity index is 2.33. The number of rotatable bonds is 4. The standard InChI is InChI=1S/C12H16ClN3O2/c1-15-7-3-9-10(14-18)4-8-16(6-2-5-13)12(17)11(9)15/h3,7,10H,2,4-6,8H2,1H3. The van der Waals surface area contributed by atoms with Crippen LogP contribution in [0.4, 0.5) is 0 Å². The number of aryl methyl sites for hydroxylation is 1. The molecule has 1 aromatic rings. The maximum Gasteiger partial charge on any atom is 0.270 e. The summed E-state index contributed by atoms with van der Waals surface area (Å²) in [6, 6.07) is 1.39. The molecule has 0 N–H and O–H groups in total. The lowest BCUT2D eigenvalue weighted by molar-refractivity contribution is 0.0751. The van der Waals surface area contributed by atoms with Gasteiger partial charge in [0.05, 0.1) is 0 Å². The molecule has 98 valence electrons. The van der Waals surface area contributed by atoms with Crippen LogP contribution in [0.5, 0.6) is 0 Å². The van der Waals surface area contributed by atoms with E-state index in [-0.39, 0.29) is 5.91 Å². The summed E-state index contributed by atoms with van der Waals surface area (Å²) >= 11 is 5.66. The lowest BCUT2D eigenvalue weighted by Crippen LogP contribution is -2.33. The highest BCUT2D eigenvalue weighted by Gasteiger charge is 2.30. The minimum absolute atomic E-state index is 0.0335. The number of fused-ring (bicyclic) bond motifs is 1. The summed E-state index contributed by atoms with van der Waals surface area (Å²) in [5, 5.41) is 3.14. The molecular weight excluding hydrogens is 254 g/mol. The van der Waals surface area contributed by atoms with Crippen molar-refractivity contribution in [1.29, 1.82) is 0 Å². The highest BCUT2D eigenvalue weighted by molar-refractivity contribution is 6.17. The molecule has 1 atom stereocenters. The van der Waals surface area contributed by atoms with Crippen molar-refractivity contribution in [3.05, 3.63) is 28.4 Å². The minimum atomic E-state index is -0.425. The lowest BCUT2D eigenvalue weighted by Gasteiger charge is -2.20. The molecule has 1 aliphatic heterocycles. The van der Waals surface area contributed by atoms with Gasteiger partial charge in [-0.05, 0) is 18.9 Å². The highest BCUT2D eigenvalue weighted by atomic mass is 35.5. The minimum Gasteiger partial charge on any atom is -0.346 e. The molecule has 2 rings (SSSR count). The number of hydrogen-bond acceptors (Lipinski definition) is 3. The van der Waals surface area contributed by atoms with E-state index in [1.807, 2.05) is 13.1 Å². The smallest absolute Gasteiger partial charge is 0.270 e. The lowest BCUT2D eigenvalue weighted by atomic mass is 10.1. The first-order chi connectivity index (χ1) is 8.69. The number of aromatic nitrogens is 1. The Morgan fingerprint density at radius 1 is 1.56 bits per heavy atom. The van der Waals surface area contributed by atoms with Gasteiger partial charge in [-0.3, -0.25) is 4.79 Å². The Labute approximate surface area is 111 Å². The number of nitrogens with zero attached hydrogens (tertiary/aromatic N) is 3. The van der Waals surface area contributed by atoms with E-state index in [2.05, 4.69) is 5.18 Å². The Hall–Kier alpha value is -1.36. The normalized spacial score (nSPS) is 19.6. The number of amides is 1. The van der Waals surface area contributed by atoms with E-state index in [9.17, 15) is 9.70 Å². The van der Waals surface area contributed by atoms with E-state index < -0.39 is 6.04 Å². The van der Waals surface area contributed by atoms with Gasteiger partial charge >= 0.3 is 0 Å². The molecule has 5 nitrogen and oxygen atoms in total. The summed E-state index contributed by atoms with van der Waals surface area (Å²) in [5.74, 6) is 0.493. The van der Waals surface area contributed by atoms with E-state index in [0.29, 0.717) is 31.1 Å². The fourth-order valence-corrected chi connectivity index (χ4v) is 2.47. The van der Waals surface area contributed by atoms with E-state index in [1.165, 1.54) is 0 Å². The molecule has 0 saturated heterocycles. The first kappa shape index (κ1) is 13.1. The van der Waals surface area contributed by atoms with E-state index >= 15 is 0 Å². The zero-order valence-electron chi connectivity index (χ0n) is 10.3. The third-order valence-corrected chi connectivity index (χ3v) is 3.58. The second-order valence-electron chi connectivity index (χ2n) is 4.48. The molecule has 0 radical (unpaired) electrons. The number of carbonyl (C=O) groups excluding carboxylic acids is 1. The Morgan fingerprint density at radius 2 is 2.33 bits per heavy atom. The molecule has 0 fully saturated rings. The number of hydrogen-bond donors (Lipinski definition) is 0. The average molecular weight is 270 g/mol. The van der Waals surface area contributed by atoms with Gasteiger partial charge in [-0.15, -0.1) is 11.6 Å². The van der Waals surface area contributed by atoms with Gasteiger partial charge in [0.1, 0.15) is 11.7 Å². The van der Waals surface area contributed by atoms with Crippen molar-refractivity contribution in [2.24, 2.45) is 12.2 Å². The molecule has 6 heteroatoms. The summed E-state index contributed by atoms with van der Waals surface area (Å²) in [6.07, 6.45) is 3.13. The van der Waals surface area contributed by atoms with Gasteiger partial charge in [0, 0.05) is 37.8 Å². The number of halogens is 1. The molecule has 0 aliphatic carbocycles. The van der Waals surface area contributed by atoms with Gasteiger partial charge in [0.2, 0.25) is 0 Å². The second kappa shape index (κ2) is 5.52. The van der Waals surface area contributed by atoms with Crippen molar-refractivity contribution >= 4 is 17.5 Å². The van der Waals surface area contributed by atoms with Gasteiger partial charge in [0.15, 0.2) is 0 Å². The Kier molecular flexibility index (Phi) is 4.01. The van der Waals surface area contributed by atoms with Crippen molar-refractivity contribution in [2.75, 3.05) is 19.0 Å².